The van der Waals surface area contributed by atoms with Crippen molar-refractivity contribution in [2.45, 2.75) is 0 Å². The molecule has 25 heavy (non-hydrogen) atoms. The normalized spacial score (nSPS) is 17.9. The summed E-state index contributed by atoms with van der Waals surface area (Å²) in [7, 11) is 0. The van der Waals surface area contributed by atoms with E-state index in [0.717, 1.165) is 8.04 Å². The van der Waals surface area contributed by atoms with E-state index >= 15 is 0 Å². The van der Waals surface area contributed by atoms with E-state index in [1.54, 1.807) is 24.3 Å². The molecule has 1 N–H and O–H groups in total. The number of para-hydroxylation sites is 1. The topological polar surface area (TPSA) is 61.8 Å². The number of hydrogen-bond donors (Lipinski definition) is 1. The monoisotopic (exact) mass is 527 g/mol. The Hall–Kier alpha value is -1.65. The van der Waals surface area contributed by atoms with Crippen molar-refractivity contribution < 1.29 is 9.59 Å². The number of nitrogens with one attached hydrogen (secondary N) is 1. The Labute approximate surface area is 171 Å². The molecule has 3 rings (SSSR count). The van der Waals surface area contributed by atoms with Gasteiger partial charge in [0.25, 0.3) is 5.91 Å². The highest BCUT2D eigenvalue weighted by Gasteiger charge is 2.38. The van der Waals surface area contributed by atoms with E-state index in [2.05, 4.69) is 48.8 Å². The number of anilines is 1. The number of hydrogen-bond acceptors (Lipinski definition) is 4. The molecule has 126 valence electrons. The summed E-state index contributed by atoms with van der Waals surface area (Å²) in [5, 5.41) is 2.63. The Kier molecular flexibility index (Phi) is 5.60. The SMILES string of the molecule is O=C1NC(=S)N(c2ccc(Br)cc2)C(=O)[C@@H]1C=Nc1ccccc1I. The lowest BCUT2D eigenvalue weighted by molar-refractivity contribution is -0.130. The van der Waals surface area contributed by atoms with Gasteiger partial charge in [-0.25, -0.2) is 0 Å². The number of carbonyl (C=O) groups is 2. The number of amides is 2. The number of nitrogens with zero attached hydrogens (tertiary/aromatic N) is 2. The molecule has 1 aliphatic heterocycles. The molecule has 0 aromatic heterocycles. The fourth-order valence-electron chi connectivity index (χ4n) is 2.27. The lowest BCUT2D eigenvalue weighted by atomic mass is 10.1. The predicted molar refractivity (Wildman–Crippen MR) is 113 cm³/mol. The van der Waals surface area contributed by atoms with Gasteiger partial charge < -0.3 is 5.32 Å². The Bertz CT molecular complexity index is 886. The molecule has 0 saturated carbocycles. The second kappa shape index (κ2) is 7.71. The Morgan fingerprint density at radius 2 is 1.84 bits per heavy atom. The summed E-state index contributed by atoms with van der Waals surface area (Å²) in [6.45, 7) is 0. The molecule has 2 aromatic carbocycles. The average Bonchev–Trinajstić information content (AvgIpc) is 2.57. The molecule has 0 bridgehead atoms. The molecule has 1 aliphatic rings. The lowest BCUT2D eigenvalue weighted by Crippen LogP contribution is -2.58. The lowest BCUT2D eigenvalue weighted by Gasteiger charge is -2.30. The second-order valence-corrected chi connectivity index (χ2v) is 7.62. The first-order valence-electron chi connectivity index (χ1n) is 7.20. The molecule has 2 amide bonds. The zero-order valence-electron chi connectivity index (χ0n) is 12.6. The molecule has 0 radical (unpaired) electrons. The number of aliphatic imine (C=N–C) groups is 1. The van der Waals surface area contributed by atoms with Crippen molar-refractivity contribution in [2.24, 2.45) is 10.9 Å². The van der Waals surface area contributed by atoms with E-state index in [-0.39, 0.29) is 5.11 Å². The van der Waals surface area contributed by atoms with Crippen LogP contribution in [-0.2, 0) is 9.59 Å². The van der Waals surface area contributed by atoms with Gasteiger partial charge in [-0.05, 0) is 71.2 Å². The van der Waals surface area contributed by atoms with Crippen LogP contribution in [0.25, 0.3) is 0 Å². The first-order chi connectivity index (χ1) is 12.0. The highest BCUT2D eigenvalue weighted by molar-refractivity contribution is 14.1. The van der Waals surface area contributed by atoms with Crippen molar-refractivity contribution in [2.75, 3.05) is 4.90 Å². The van der Waals surface area contributed by atoms with Crippen LogP contribution in [0.1, 0.15) is 0 Å². The molecule has 0 aliphatic carbocycles. The maximum absolute atomic E-state index is 12.8. The van der Waals surface area contributed by atoms with Gasteiger partial charge >= 0.3 is 0 Å². The number of carbonyl (C=O) groups excluding carboxylic acids is 2. The van der Waals surface area contributed by atoms with E-state index in [4.69, 9.17) is 12.2 Å². The number of rotatable bonds is 3. The number of thiocarbonyl (C=S) groups is 1. The maximum Gasteiger partial charge on any atom is 0.251 e. The second-order valence-electron chi connectivity index (χ2n) is 5.15. The van der Waals surface area contributed by atoms with Crippen molar-refractivity contribution in [3.05, 3.63) is 56.6 Å². The molecule has 1 saturated heterocycles. The minimum atomic E-state index is -1.04. The summed E-state index contributed by atoms with van der Waals surface area (Å²) in [5.74, 6) is -1.94. The van der Waals surface area contributed by atoms with Gasteiger partial charge in [0.1, 0.15) is 0 Å². The van der Waals surface area contributed by atoms with Crippen molar-refractivity contribution in [1.29, 1.82) is 0 Å². The maximum atomic E-state index is 12.8. The van der Waals surface area contributed by atoms with Crippen LogP contribution in [0.3, 0.4) is 0 Å². The molecule has 0 unspecified atom stereocenters. The van der Waals surface area contributed by atoms with Crippen molar-refractivity contribution >= 4 is 85.3 Å². The minimum absolute atomic E-state index is 0.0660. The van der Waals surface area contributed by atoms with Gasteiger partial charge in [0.05, 0.1) is 11.4 Å². The predicted octanol–water partition coefficient (Wildman–Crippen LogP) is 3.82. The van der Waals surface area contributed by atoms with Gasteiger partial charge in [-0.1, -0.05) is 28.1 Å². The summed E-state index contributed by atoms with van der Waals surface area (Å²) >= 11 is 10.7. The van der Waals surface area contributed by atoms with Crippen molar-refractivity contribution in [3.63, 3.8) is 0 Å². The minimum Gasteiger partial charge on any atom is -0.301 e. The Balaban J connectivity index is 1.90. The molecule has 0 spiro atoms. The zero-order chi connectivity index (χ0) is 18.0. The molecular formula is C17H11BrIN3O2S. The van der Waals surface area contributed by atoms with E-state index < -0.39 is 17.7 Å². The van der Waals surface area contributed by atoms with Gasteiger partial charge in [0.15, 0.2) is 11.0 Å². The van der Waals surface area contributed by atoms with E-state index in [1.807, 2.05) is 24.3 Å². The van der Waals surface area contributed by atoms with E-state index in [0.29, 0.717) is 11.4 Å². The summed E-state index contributed by atoms with van der Waals surface area (Å²) in [6, 6.07) is 14.6. The van der Waals surface area contributed by atoms with Crippen LogP contribution in [0.15, 0.2) is 58.0 Å². The standard InChI is InChI=1S/C17H11BrIN3O2S/c18-10-5-7-11(8-6-10)22-16(24)12(15(23)21-17(22)25)9-20-14-4-2-1-3-13(14)19/h1-9,12H,(H,21,23,25)/t12-/m1/s1. The number of halogens is 2. The molecule has 1 heterocycles. The Morgan fingerprint density at radius 1 is 1.16 bits per heavy atom. The first kappa shape index (κ1) is 18.2. The van der Waals surface area contributed by atoms with E-state index in [1.165, 1.54) is 11.1 Å². The van der Waals surface area contributed by atoms with Crippen LogP contribution >= 0.6 is 50.7 Å². The van der Waals surface area contributed by atoms with Crippen LogP contribution < -0.4 is 10.2 Å². The third-order valence-corrected chi connectivity index (χ3v) is 5.23. The smallest absolute Gasteiger partial charge is 0.251 e. The fraction of sp³-hybridized carbons (Fsp3) is 0.0588. The van der Waals surface area contributed by atoms with Crippen molar-refractivity contribution in [3.8, 4) is 0 Å². The molecule has 8 heteroatoms. The summed E-state index contributed by atoms with van der Waals surface area (Å²) < 4.78 is 1.81. The highest BCUT2D eigenvalue weighted by atomic mass is 127. The average molecular weight is 528 g/mol. The van der Waals surface area contributed by atoms with Gasteiger partial charge in [0.2, 0.25) is 5.91 Å². The molecule has 2 aromatic rings. The number of benzene rings is 2. The molecular weight excluding hydrogens is 517 g/mol. The highest BCUT2D eigenvalue weighted by Crippen LogP contribution is 2.24. The summed E-state index contributed by atoms with van der Waals surface area (Å²) in [4.78, 5) is 30.6. The van der Waals surface area contributed by atoms with Crippen LogP contribution in [0.2, 0.25) is 0 Å². The van der Waals surface area contributed by atoms with Crippen LogP contribution in [0.5, 0.6) is 0 Å². The Morgan fingerprint density at radius 3 is 2.52 bits per heavy atom. The van der Waals surface area contributed by atoms with Gasteiger partial charge in [-0.2, -0.15) is 0 Å². The van der Waals surface area contributed by atoms with E-state index in [9.17, 15) is 9.59 Å². The fourth-order valence-corrected chi connectivity index (χ4v) is 3.35. The van der Waals surface area contributed by atoms with Gasteiger partial charge in [0, 0.05) is 14.3 Å². The van der Waals surface area contributed by atoms with Gasteiger partial charge in [-0.15, -0.1) is 0 Å². The summed E-state index contributed by atoms with van der Waals surface area (Å²) in [6.07, 6.45) is 1.36. The van der Waals surface area contributed by atoms with Crippen molar-refractivity contribution in [1.82, 2.24) is 5.32 Å². The molecule has 1 fully saturated rings. The van der Waals surface area contributed by atoms with Crippen LogP contribution in [-0.4, -0.2) is 23.1 Å². The molecule has 1 atom stereocenters. The quantitative estimate of drug-likeness (QED) is 0.286. The zero-order valence-corrected chi connectivity index (χ0v) is 17.2. The molecule has 5 nitrogen and oxygen atoms in total. The third kappa shape index (κ3) is 3.96. The largest absolute Gasteiger partial charge is 0.301 e. The summed E-state index contributed by atoms with van der Waals surface area (Å²) in [5.41, 5.74) is 1.29. The first-order valence-corrected chi connectivity index (χ1v) is 9.48. The third-order valence-electron chi connectivity index (χ3n) is 3.50. The van der Waals surface area contributed by atoms with Gasteiger partial charge in [-0.3, -0.25) is 19.5 Å². The van der Waals surface area contributed by atoms with Crippen LogP contribution in [0, 0.1) is 9.49 Å². The van der Waals surface area contributed by atoms with Crippen LogP contribution in [0.4, 0.5) is 11.4 Å².